The van der Waals surface area contributed by atoms with Crippen LogP contribution in [0, 0.1) is 17.0 Å². The highest BCUT2D eigenvalue weighted by atomic mass is 127. The van der Waals surface area contributed by atoms with Crippen molar-refractivity contribution in [2.24, 2.45) is 0 Å². The van der Waals surface area contributed by atoms with Gasteiger partial charge in [0.15, 0.2) is 5.82 Å². The fourth-order valence-corrected chi connectivity index (χ4v) is 2.03. The SMILES string of the molecule is CSC.Fc1cc(NC2CCOC2)cnc1C#CSI. The number of ether oxygens (including phenoxy) is 1. The first-order valence-electron chi connectivity index (χ1n) is 5.89. The van der Waals surface area contributed by atoms with Gasteiger partial charge in [0.25, 0.3) is 0 Å². The number of hydrogen-bond acceptors (Lipinski definition) is 5. The van der Waals surface area contributed by atoms with Gasteiger partial charge in [-0.2, -0.15) is 11.8 Å². The Hall–Kier alpha value is -0.170. The highest BCUT2D eigenvalue weighted by molar-refractivity contribution is 14.2. The largest absolute Gasteiger partial charge is 0.379 e. The molecule has 1 aromatic rings. The van der Waals surface area contributed by atoms with E-state index in [0.717, 1.165) is 13.0 Å². The lowest BCUT2D eigenvalue weighted by Gasteiger charge is -2.11. The summed E-state index contributed by atoms with van der Waals surface area (Å²) >= 11 is 3.78. The molecule has 0 aromatic carbocycles. The Morgan fingerprint density at radius 1 is 1.55 bits per heavy atom. The fraction of sp³-hybridized carbons (Fsp3) is 0.462. The van der Waals surface area contributed by atoms with Gasteiger partial charge < -0.3 is 10.1 Å². The van der Waals surface area contributed by atoms with Gasteiger partial charge in [0.1, 0.15) is 5.69 Å². The summed E-state index contributed by atoms with van der Waals surface area (Å²) in [5.74, 6) is 2.25. The molecular weight excluding hydrogens is 410 g/mol. The summed E-state index contributed by atoms with van der Waals surface area (Å²) in [5, 5.41) is 5.89. The van der Waals surface area contributed by atoms with Crippen molar-refractivity contribution in [1.29, 1.82) is 0 Å². The van der Waals surface area contributed by atoms with E-state index in [0.29, 0.717) is 12.3 Å². The minimum Gasteiger partial charge on any atom is -0.379 e. The van der Waals surface area contributed by atoms with Crippen LogP contribution in [-0.4, -0.2) is 36.8 Å². The molecule has 1 atom stereocenters. The van der Waals surface area contributed by atoms with Crippen LogP contribution in [0.5, 0.6) is 0 Å². The molecule has 110 valence electrons. The van der Waals surface area contributed by atoms with E-state index < -0.39 is 5.82 Å². The fourth-order valence-electron chi connectivity index (χ4n) is 1.56. The van der Waals surface area contributed by atoms with Crippen LogP contribution in [0.4, 0.5) is 10.1 Å². The molecule has 1 N–H and O–H groups in total. The number of halogens is 2. The molecule has 1 saturated heterocycles. The van der Waals surface area contributed by atoms with Gasteiger partial charge >= 0.3 is 0 Å². The number of hydrogen-bond donors (Lipinski definition) is 1. The number of aromatic nitrogens is 1. The van der Waals surface area contributed by atoms with Crippen molar-refractivity contribution < 1.29 is 9.13 Å². The first kappa shape index (κ1) is 17.9. The maximum absolute atomic E-state index is 13.6. The monoisotopic (exact) mass is 426 g/mol. The zero-order valence-electron chi connectivity index (χ0n) is 11.3. The predicted molar refractivity (Wildman–Crippen MR) is 95.0 cm³/mol. The van der Waals surface area contributed by atoms with E-state index in [4.69, 9.17) is 4.74 Å². The lowest BCUT2D eigenvalue weighted by Crippen LogP contribution is -2.19. The van der Waals surface area contributed by atoms with Crippen LogP contribution in [-0.2, 0) is 4.74 Å². The smallest absolute Gasteiger partial charge is 0.159 e. The van der Waals surface area contributed by atoms with Gasteiger partial charge in [0, 0.05) is 33.9 Å². The van der Waals surface area contributed by atoms with Gasteiger partial charge in [0.2, 0.25) is 0 Å². The molecule has 0 amide bonds. The Balaban J connectivity index is 0.000000612. The summed E-state index contributed by atoms with van der Waals surface area (Å²) < 4.78 is 18.8. The molecule has 1 aliphatic heterocycles. The Morgan fingerprint density at radius 2 is 2.30 bits per heavy atom. The van der Waals surface area contributed by atoms with Gasteiger partial charge in [-0.05, 0) is 39.0 Å². The number of pyridine rings is 1. The molecule has 1 aliphatic rings. The van der Waals surface area contributed by atoms with Crippen LogP contribution < -0.4 is 5.32 Å². The van der Waals surface area contributed by atoms with Crippen LogP contribution in [0.3, 0.4) is 0 Å². The molecule has 2 rings (SSSR count). The van der Waals surface area contributed by atoms with Crippen molar-refractivity contribution in [2.45, 2.75) is 12.5 Å². The minimum atomic E-state index is -0.396. The first-order chi connectivity index (χ1) is 9.71. The van der Waals surface area contributed by atoms with Gasteiger partial charge in [-0.1, -0.05) is 0 Å². The molecule has 2 heterocycles. The Morgan fingerprint density at radius 3 is 2.85 bits per heavy atom. The van der Waals surface area contributed by atoms with Crippen LogP contribution >= 0.6 is 41.9 Å². The number of thioether (sulfide) groups is 1. The molecule has 0 bridgehead atoms. The predicted octanol–water partition coefficient (Wildman–Crippen LogP) is 3.79. The zero-order chi connectivity index (χ0) is 14.8. The number of nitrogens with one attached hydrogen (secondary N) is 1. The van der Waals surface area contributed by atoms with Crippen molar-refractivity contribution in [2.75, 3.05) is 31.0 Å². The van der Waals surface area contributed by atoms with E-state index in [1.807, 2.05) is 33.7 Å². The molecule has 20 heavy (non-hydrogen) atoms. The van der Waals surface area contributed by atoms with Gasteiger partial charge in [-0.25, -0.2) is 9.37 Å². The summed E-state index contributed by atoms with van der Waals surface area (Å²) in [6.07, 6.45) is 6.62. The second-order valence-corrected chi connectivity index (χ2v) is 6.47. The average molecular weight is 426 g/mol. The zero-order valence-corrected chi connectivity index (χ0v) is 15.1. The van der Waals surface area contributed by atoms with Crippen LogP contribution in [0.25, 0.3) is 0 Å². The molecule has 1 aromatic heterocycles. The van der Waals surface area contributed by atoms with E-state index in [1.54, 1.807) is 18.0 Å². The third kappa shape index (κ3) is 6.52. The topological polar surface area (TPSA) is 34.1 Å². The molecule has 1 fully saturated rings. The molecule has 0 saturated carbocycles. The van der Waals surface area contributed by atoms with Crippen molar-refractivity contribution in [1.82, 2.24) is 4.98 Å². The summed E-state index contributed by atoms with van der Waals surface area (Å²) in [4.78, 5) is 3.99. The van der Waals surface area contributed by atoms with Gasteiger partial charge in [0.05, 0.1) is 24.5 Å². The van der Waals surface area contributed by atoms with Crippen molar-refractivity contribution in [3.8, 4) is 11.2 Å². The third-order valence-corrected chi connectivity index (χ3v) is 3.19. The van der Waals surface area contributed by atoms with Gasteiger partial charge in [-0.3, -0.25) is 0 Å². The second kappa shape index (κ2) is 10.5. The number of anilines is 1. The Bertz CT molecular complexity index is 473. The van der Waals surface area contributed by atoms with E-state index >= 15 is 0 Å². The third-order valence-electron chi connectivity index (χ3n) is 2.35. The maximum Gasteiger partial charge on any atom is 0.159 e. The van der Waals surface area contributed by atoms with Gasteiger partial charge in [-0.15, -0.1) is 0 Å². The van der Waals surface area contributed by atoms with E-state index in [9.17, 15) is 4.39 Å². The van der Waals surface area contributed by atoms with Crippen LogP contribution in [0.2, 0.25) is 0 Å². The minimum absolute atomic E-state index is 0.183. The highest BCUT2D eigenvalue weighted by Crippen LogP contribution is 2.16. The van der Waals surface area contributed by atoms with Crippen molar-refractivity contribution in [3.05, 3.63) is 23.8 Å². The normalized spacial score (nSPS) is 16.7. The Labute approximate surface area is 139 Å². The van der Waals surface area contributed by atoms with E-state index in [2.05, 4.69) is 21.5 Å². The molecule has 0 spiro atoms. The lowest BCUT2D eigenvalue weighted by molar-refractivity contribution is 0.195. The van der Waals surface area contributed by atoms with Crippen LogP contribution in [0.15, 0.2) is 12.3 Å². The van der Waals surface area contributed by atoms with Crippen LogP contribution in [0.1, 0.15) is 12.1 Å². The highest BCUT2D eigenvalue weighted by Gasteiger charge is 2.15. The average Bonchev–Trinajstić information content (AvgIpc) is 2.92. The summed E-state index contributed by atoms with van der Waals surface area (Å²) in [6, 6.07) is 1.67. The number of rotatable bonds is 2. The summed E-state index contributed by atoms with van der Waals surface area (Å²) in [6.45, 7) is 1.42. The molecule has 0 radical (unpaired) electrons. The first-order valence-corrected chi connectivity index (χ1v) is 10.9. The Kier molecular flexibility index (Phi) is 9.42. The molecular formula is C13H16FIN2OS2. The quantitative estimate of drug-likeness (QED) is 0.575. The van der Waals surface area contributed by atoms with Crippen molar-refractivity contribution >= 4 is 47.6 Å². The second-order valence-electron chi connectivity index (χ2n) is 3.97. The molecule has 7 heteroatoms. The summed E-state index contributed by atoms with van der Waals surface area (Å²) in [7, 11) is 1.31. The molecule has 0 aliphatic carbocycles. The van der Waals surface area contributed by atoms with Crippen molar-refractivity contribution in [3.63, 3.8) is 0 Å². The standard InChI is InChI=1S/C11H10FIN2OS.C2H6S/c12-10-5-9(15-8-1-3-16-7-8)6-14-11(10)2-4-17-13;1-3-2/h5-6,8,15H,1,3,7H2;1-2H3. The van der Waals surface area contributed by atoms with E-state index in [1.165, 1.54) is 15.0 Å². The molecule has 1 unspecified atom stereocenters. The summed E-state index contributed by atoms with van der Waals surface area (Å²) in [5.41, 5.74) is 0.855. The number of nitrogens with zero attached hydrogens (tertiary/aromatic N) is 1. The maximum atomic E-state index is 13.6. The lowest BCUT2D eigenvalue weighted by atomic mass is 10.2. The van der Waals surface area contributed by atoms with E-state index in [-0.39, 0.29) is 11.7 Å². The molecule has 3 nitrogen and oxygen atoms in total.